The molecule has 0 fully saturated rings. The molecule has 0 atom stereocenters. The van der Waals surface area contributed by atoms with E-state index in [2.05, 4.69) is 52.0 Å². The van der Waals surface area contributed by atoms with Crippen LogP contribution in [0.4, 0.5) is 19.0 Å². The number of halogens is 5. The third-order valence-electron chi connectivity index (χ3n) is 4.51. The molecule has 0 saturated heterocycles. The zero-order chi connectivity index (χ0) is 22.1. The van der Waals surface area contributed by atoms with Gasteiger partial charge in [0.05, 0.1) is 11.1 Å². The number of nitrogens with zero attached hydrogens (tertiary/aromatic N) is 3. The van der Waals surface area contributed by atoms with Crippen molar-refractivity contribution in [3.8, 4) is 11.4 Å². The van der Waals surface area contributed by atoms with E-state index < -0.39 is 11.7 Å². The predicted octanol–water partition coefficient (Wildman–Crippen LogP) is 6.51. The van der Waals surface area contributed by atoms with Gasteiger partial charge in [-0.1, -0.05) is 31.9 Å². The van der Waals surface area contributed by atoms with Gasteiger partial charge in [-0.05, 0) is 69.9 Å². The predicted molar refractivity (Wildman–Crippen MR) is 122 cm³/mol. The van der Waals surface area contributed by atoms with Crippen LogP contribution < -0.4 is 5.32 Å². The minimum atomic E-state index is -4.45. The maximum Gasteiger partial charge on any atom is 0.416 e. The zero-order valence-electron chi connectivity index (χ0n) is 16.7. The molecular weight excluding hydrogens is 525 g/mol. The molecule has 2 aromatic carbocycles. The van der Waals surface area contributed by atoms with E-state index in [9.17, 15) is 13.2 Å². The Kier molecular flexibility index (Phi) is 7.04. The highest BCUT2D eigenvalue weighted by Gasteiger charge is 2.31. The summed E-state index contributed by atoms with van der Waals surface area (Å²) in [4.78, 5) is 11.3. The SMILES string of the molecule is Cc1cc(Br)cc2c(NCCCN(C)C)nc(-c3cc(Br)cc(C(F)(F)F)c3)nc12. The maximum atomic E-state index is 13.3. The monoisotopic (exact) mass is 544 g/mol. The van der Waals surface area contributed by atoms with E-state index in [4.69, 9.17) is 0 Å². The number of alkyl halides is 3. The summed E-state index contributed by atoms with van der Waals surface area (Å²) in [6.45, 7) is 3.51. The number of aryl methyl sites for hydroxylation is 1. The lowest BCUT2D eigenvalue weighted by Gasteiger charge is -2.15. The van der Waals surface area contributed by atoms with Crippen LogP contribution in [0, 0.1) is 6.92 Å². The van der Waals surface area contributed by atoms with Crippen LogP contribution in [0.15, 0.2) is 39.3 Å². The molecule has 0 saturated carbocycles. The first-order valence-electron chi connectivity index (χ1n) is 9.29. The minimum Gasteiger partial charge on any atom is -0.369 e. The number of aromatic nitrogens is 2. The standard InChI is InChI=1S/C21H21Br2F3N4/c1-12-7-15(22)11-17-18(12)28-19(29-20(17)27-5-4-6-30(2)3)13-8-14(21(24,25)26)10-16(23)9-13/h7-11H,4-6H2,1-3H3,(H,27,28,29). The van der Waals surface area contributed by atoms with Crippen molar-refractivity contribution in [1.82, 2.24) is 14.9 Å². The smallest absolute Gasteiger partial charge is 0.369 e. The first kappa shape index (κ1) is 23.0. The number of benzene rings is 2. The van der Waals surface area contributed by atoms with Gasteiger partial charge in [0.1, 0.15) is 5.82 Å². The van der Waals surface area contributed by atoms with Crippen LogP contribution in [-0.4, -0.2) is 42.1 Å². The number of nitrogens with one attached hydrogen (secondary N) is 1. The Bertz CT molecular complexity index is 1070. The molecule has 160 valence electrons. The van der Waals surface area contributed by atoms with E-state index in [-0.39, 0.29) is 5.82 Å². The summed E-state index contributed by atoms with van der Waals surface area (Å²) in [6.07, 6.45) is -3.56. The van der Waals surface area contributed by atoms with E-state index in [1.165, 1.54) is 0 Å². The molecule has 1 heterocycles. The van der Waals surface area contributed by atoms with Crippen LogP contribution in [0.2, 0.25) is 0 Å². The van der Waals surface area contributed by atoms with Gasteiger partial charge in [0.25, 0.3) is 0 Å². The summed E-state index contributed by atoms with van der Waals surface area (Å²) in [5.41, 5.74) is 1.16. The third kappa shape index (κ3) is 5.50. The Morgan fingerprint density at radius 2 is 1.70 bits per heavy atom. The topological polar surface area (TPSA) is 41.0 Å². The van der Waals surface area contributed by atoms with Crippen molar-refractivity contribution in [1.29, 1.82) is 0 Å². The highest BCUT2D eigenvalue weighted by atomic mass is 79.9. The third-order valence-corrected chi connectivity index (χ3v) is 5.43. The summed E-state index contributed by atoms with van der Waals surface area (Å²) >= 11 is 6.68. The number of hydrogen-bond donors (Lipinski definition) is 1. The van der Waals surface area contributed by atoms with Gasteiger partial charge in [-0.3, -0.25) is 0 Å². The van der Waals surface area contributed by atoms with Gasteiger partial charge in [-0.25, -0.2) is 9.97 Å². The second kappa shape index (κ2) is 9.20. The van der Waals surface area contributed by atoms with Crippen LogP contribution in [0.5, 0.6) is 0 Å². The molecule has 0 amide bonds. The van der Waals surface area contributed by atoms with Crippen molar-refractivity contribution in [2.75, 3.05) is 32.5 Å². The molecule has 1 aromatic heterocycles. The summed E-state index contributed by atoms with van der Waals surface area (Å²) in [6, 6.07) is 7.57. The second-order valence-electron chi connectivity index (χ2n) is 7.32. The lowest BCUT2D eigenvalue weighted by molar-refractivity contribution is -0.137. The lowest BCUT2D eigenvalue weighted by atomic mass is 10.1. The fraction of sp³-hybridized carbons (Fsp3) is 0.333. The van der Waals surface area contributed by atoms with Gasteiger partial charge in [0, 0.05) is 26.4 Å². The Balaban J connectivity index is 2.11. The molecule has 0 aliphatic rings. The van der Waals surface area contributed by atoms with Crippen LogP contribution in [-0.2, 0) is 6.18 Å². The van der Waals surface area contributed by atoms with E-state index >= 15 is 0 Å². The average Bonchev–Trinajstić information content (AvgIpc) is 2.64. The minimum absolute atomic E-state index is 0.245. The van der Waals surface area contributed by atoms with E-state index in [1.54, 1.807) is 6.07 Å². The number of hydrogen-bond acceptors (Lipinski definition) is 4. The Morgan fingerprint density at radius 1 is 1.00 bits per heavy atom. The van der Waals surface area contributed by atoms with E-state index in [1.807, 2.05) is 33.2 Å². The Morgan fingerprint density at radius 3 is 2.37 bits per heavy atom. The molecule has 1 N–H and O–H groups in total. The molecule has 3 rings (SSSR count). The van der Waals surface area contributed by atoms with Gasteiger partial charge in [0.15, 0.2) is 5.82 Å². The fourth-order valence-corrected chi connectivity index (χ4v) is 4.18. The molecule has 9 heteroatoms. The lowest BCUT2D eigenvalue weighted by Crippen LogP contribution is -2.17. The molecule has 0 spiro atoms. The van der Waals surface area contributed by atoms with Crippen LogP contribution in [0.3, 0.4) is 0 Å². The Labute approximate surface area is 190 Å². The number of anilines is 1. The van der Waals surface area contributed by atoms with Gasteiger partial charge >= 0.3 is 6.18 Å². The van der Waals surface area contributed by atoms with E-state index in [0.29, 0.717) is 27.9 Å². The summed E-state index contributed by atoms with van der Waals surface area (Å²) in [5, 5.41) is 4.16. The van der Waals surface area contributed by atoms with Gasteiger partial charge in [-0.2, -0.15) is 13.2 Å². The first-order chi connectivity index (χ1) is 14.0. The molecule has 0 aliphatic carbocycles. The first-order valence-corrected chi connectivity index (χ1v) is 10.9. The van der Waals surface area contributed by atoms with Crippen molar-refractivity contribution in [3.63, 3.8) is 0 Å². The van der Waals surface area contributed by atoms with E-state index in [0.717, 1.165) is 40.5 Å². The molecule has 4 nitrogen and oxygen atoms in total. The van der Waals surface area contributed by atoms with Gasteiger partial charge in [0.2, 0.25) is 0 Å². The average molecular weight is 546 g/mol. The molecule has 3 aromatic rings. The molecule has 30 heavy (non-hydrogen) atoms. The molecular formula is C21H21Br2F3N4. The van der Waals surface area contributed by atoms with Crippen LogP contribution in [0.1, 0.15) is 17.5 Å². The largest absolute Gasteiger partial charge is 0.416 e. The van der Waals surface area contributed by atoms with Crippen LogP contribution >= 0.6 is 31.9 Å². The van der Waals surface area contributed by atoms with Crippen molar-refractivity contribution in [3.05, 3.63) is 50.4 Å². The zero-order valence-corrected chi connectivity index (χ0v) is 19.9. The highest BCUT2D eigenvalue weighted by molar-refractivity contribution is 9.10. The van der Waals surface area contributed by atoms with Gasteiger partial charge in [-0.15, -0.1) is 0 Å². The van der Waals surface area contributed by atoms with Crippen molar-refractivity contribution >= 4 is 48.6 Å². The summed E-state index contributed by atoms with van der Waals surface area (Å²) in [5.74, 6) is 0.849. The highest BCUT2D eigenvalue weighted by Crippen LogP contribution is 2.36. The molecule has 0 radical (unpaired) electrons. The molecule has 0 bridgehead atoms. The Hall–Kier alpha value is -1.71. The number of rotatable bonds is 6. The molecule has 0 aliphatic heterocycles. The summed E-state index contributed by atoms with van der Waals surface area (Å²) < 4.78 is 41.1. The van der Waals surface area contributed by atoms with Gasteiger partial charge < -0.3 is 10.2 Å². The van der Waals surface area contributed by atoms with Crippen molar-refractivity contribution in [2.45, 2.75) is 19.5 Å². The van der Waals surface area contributed by atoms with Crippen molar-refractivity contribution in [2.24, 2.45) is 0 Å². The second-order valence-corrected chi connectivity index (χ2v) is 9.16. The molecule has 0 unspecified atom stereocenters. The van der Waals surface area contributed by atoms with Crippen molar-refractivity contribution < 1.29 is 13.2 Å². The maximum absolute atomic E-state index is 13.3. The fourth-order valence-electron chi connectivity index (χ4n) is 3.11. The summed E-state index contributed by atoms with van der Waals surface area (Å²) in [7, 11) is 4.01. The quantitative estimate of drug-likeness (QED) is 0.358. The number of fused-ring (bicyclic) bond motifs is 1. The van der Waals surface area contributed by atoms with Crippen LogP contribution in [0.25, 0.3) is 22.3 Å². The normalized spacial score (nSPS) is 12.0.